The molecule has 4 rings (SSSR count). The van der Waals surface area contributed by atoms with Crippen LogP contribution in [0, 0.1) is 5.92 Å². The number of hydrogen-bond donors (Lipinski definition) is 2. The quantitative estimate of drug-likeness (QED) is 0.893. The summed E-state index contributed by atoms with van der Waals surface area (Å²) in [7, 11) is 0. The Labute approximate surface area is 147 Å². The molecule has 2 N–H and O–H groups in total. The van der Waals surface area contributed by atoms with Gasteiger partial charge in [0, 0.05) is 43.9 Å². The first kappa shape index (κ1) is 16.2. The first-order valence-electron chi connectivity index (χ1n) is 8.84. The monoisotopic (exact) mass is 337 g/mol. The highest BCUT2D eigenvalue weighted by atomic mass is 16.3. The van der Waals surface area contributed by atoms with Crippen LogP contribution in [0.2, 0.25) is 0 Å². The largest absolute Gasteiger partial charge is 0.396 e. The number of carbonyl (C=O) groups is 1. The summed E-state index contributed by atoms with van der Waals surface area (Å²) >= 11 is 0. The van der Waals surface area contributed by atoms with Gasteiger partial charge in [0.15, 0.2) is 0 Å². The number of aryl methyl sites for hydroxylation is 1. The Bertz CT molecular complexity index is 765. The second-order valence-electron chi connectivity index (χ2n) is 7.14. The Balaban J connectivity index is 1.57. The summed E-state index contributed by atoms with van der Waals surface area (Å²) in [5.41, 5.74) is 2.50. The third-order valence-corrected chi connectivity index (χ3v) is 5.56. The van der Waals surface area contributed by atoms with Gasteiger partial charge in [0.05, 0.1) is 11.2 Å². The van der Waals surface area contributed by atoms with Crippen LogP contribution in [0.25, 0.3) is 0 Å². The minimum atomic E-state index is -0.375. The number of nitrogens with one attached hydrogen (secondary N) is 1. The summed E-state index contributed by atoms with van der Waals surface area (Å²) in [5, 5.41) is 13.2. The zero-order valence-corrected chi connectivity index (χ0v) is 14.2. The lowest BCUT2D eigenvalue weighted by atomic mass is 9.83. The van der Waals surface area contributed by atoms with Gasteiger partial charge >= 0.3 is 0 Å². The average Bonchev–Trinajstić information content (AvgIpc) is 2.90. The molecule has 1 saturated heterocycles. The third kappa shape index (κ3) is 3.05. The van der Waals surface area contributed by atoms with Crippen LogP contribution in [0.4, 0.5) is 0 Å². The van der Waals surface area contributed by atoms with Gasteiger partial charge in [-0.1, -0.05) is 24.3 Å². The van der Waals surface area contributed by atoms with Crippen molar-refractivity contribution in [3.63, 3.8) is 0 Å². The van der Waals surface area contributed by atoms with Crippen molar-refractivity contribution in [3.05, 3.63) is 65.5 Å². The van der Waals surface area contributed by atoms with Crippen molar-refractivity contribution in [1.29, 1.82) is 0 Å². The molecule has 2 aromatic rings. The number of likely N-dealkylation sites (tertiary alicyclic amines) is 1. The van der Waals surface area contributed by atoms with E-state index in [1.807, 2.05) is 42.5 Å². The second-order valence-corrected chi connectivity index (χ2v) is 7.14. The predicted molar refractivity (Wildman–Crippen MR) is 95.1 cm³/mol. The average molecular weight is 337 g/mol. The zero-order chi connectivity index (χ0) is 17.3. The molecule has 2 aliphatic rings. The minimum Gasteiger partial charge on any atom is -0.396 e. The lowest BCUT2D eigenvalue weighted by Gasteiger charge is -2.34. The third-order valence-electron chi connectivity index (χ3n) is 5.56. The number of rotatable bonds is 3. The molecule has 5 heteroatoms. The van der Waals surface area contributed by atoms with Crippen molar-refractivity contribution in [2.75, 3.05) is 19.7 Å². The molecule has 1 fully saturated rings. The molecule has 0 aliphatic carbocycles. The number of fused-ring (bicyclic) bond motifs is 1. The van der Waals surface area contributed by atoms with Crippen molar-refractivity contribution in [2.45, 2.75) is 24.9 Å². The molecule has 1 spiro atoms. The fourth-order valence-corrected chi connectivity index (χ4v) is 4.25. The summed E-state index contributed by atoms with van der Waals surface area (Å²) in [5.74, 6) is 0.0145. The smallest absolute Gasteiger partial charge is 0.252 e. The fourth-order valence-electron chi connectivity index (χ4n) is 4.25. The molecular formula is C20H23N3O2. The Morgan fingerprint density at radius 1 is 1.24 bits per heavy atom. The first-order valence-corrected chi connectivity index (χ1v) is 8.84. The maximum Gasteiger partial charge on any atom is 0.252 e. The highest BCUT2D eigenvalue weighted by Crippen LogP contribution is 2.35. The number of carbonyl (C=O) groups excluding carboxylic acids is 1. The van der Waals surface area contributed by atoms with E-state index in [9.17, 15) is 9.90 Å². The summed E-state index contributed by atoms with van der Waals surface area (Å²) < 4.78 is 0. The van der Waals surface area contributed by atoms with E-state index in [-0.39, 0.29) is 24.0 Å². The SMILES string of the molecule is O=C1N[C@]2(CCc3ccccc31)CN(Cc1ccccn1)C[C@H]2CO. The van der Waals surface area contributed by atoms with Gasteiger partial charge in [0.25, 0.3) is 5.91 Å². The lowest BCUT2D eigenvalue weighted by molar-refractivity contribution is 0.0846. The lowest BCUT2D eigenvalue weighted by Crippen LogP contribution is -2.54. The number of amides is 1. The normalized spacial score (nSPS) is 26.3. The molecule has 3 heterocycles. The molecule has 25 heavy (non-hydrogen) atoms. The molecule has 0 radical (unpaired) electrons. The Hall–Kier alpha value is -2.24. The Kier molecular flexibility index (Phi) is 4.27. The van der Waals surface area contributed by atoms with Crippen molar-refractivity contribution in [1.82, 2.24) is 15.2 Å². The maximum absolute atomic E-state index is 12.8. The highest BCUT2D eigenvalue weighted by molar-refractivity contribution is 5.96. The van der Waals surface area contributed by atoms with E-state index in [4.69, 9.17) is 0 Å². The van der Waals surface area contributed by atoms with Crippen LogP contribution < -0.4 is 5.32 Å². The van der Waals surface area contributed by atoms with Crippen LogP contribution >= 0.6 is 0 Å². The molecule has 2 aliphatic heterocycles. The van der Waals surface area contributed by atoms with Crippen LogP contribution in [-0.4, -0.2) is 46.1 Å². The Morgan fingerprint density at radius 2 is 2.08 bits per heavy atom. The molecule has 0 unspecified atom stereocenters. The van der Waals surface area contributed by atoms with Crippen LogP contribution in [0.3, 0.4) is 0 Å². The molecule has 1 aromatic heterocycles. The van der Waals surface area contributed by atoms with Gasteiger partial charge in [-0.25, -0.2) is 0 Å². The maximum atomic E-state index is 12.8. The number of aromatic nitrogens is 1. The van der Waals surface area contributed by atoms with E-state index >= 15 is 0 Å². The second kappa shape index (κ2) is 6.58. The van der Waals surface area contributed by atoms with E-state index in [1.54, 1.807) is 6.20 Å². The van der Waals surface area contributed by atoms with Crippen LogP contribution in [0.15, 0.2) is 48.7 Å². The topological polar surface area (TPSA) is 65.5 Å². The van der Waals surface area contributed by atoms with E-state index < -0.39 is 0 Å². The van der Waals surface area contributed by atoms with Crippen molar-refractivity contribution in [2.24, 2.45) is 5.92 Å². The number of aliphatic hydroxyl groups is 1. The number of nitrogens with zero attached hydrogens (tertiary/aromatic N) is 2. The summed E-state index contributed by atoms with van der Waals surface area (Å²) in [6, 6.07) is 13.7. The summed E-state index contributed by atoms with van der Waals surface area (Å²) in [6.07, 6.45) is 3.50. The fraction of sp³-hybridized carbons (Fsp3) is 0.400. The van der Waals surface area contributed by atoms with E-state index in [0.29, 0.717) is 0 Å². The molecule has 130 valence electrons. The number of pyridine rings is 1. The molecule has 5 nitrogen and oxygen atoms in total. The van der Waals surface area contributed by atoms with Crippen LogP contribution in [0.5, 0.6) is 0 Å². The van der Waals surface area contributed by atoms with Crippen LogP contribution in [-0.2, 0) is 13.0 Å². The standard InChI is InChI=1S/C20H23N3O2/c24-13-16-11-23(12-17-6-3-4-10-21-17)14-20(16)9-8-15-5-1-2-7-18(15)19(25)22-20/h1-7,10,16,24H,8-9,11-14H2,(H,22,25)/t16-,20+/m0/s1. The van der Waals surface area contributed by atoms with Gasteiger partial charge in [-0.15, -0.1) is 0 Å². The van der Waals surface area contributed by atoms with Gasteiger partial charge in [0.2, 0.25) is 0 Å². The first-order chi connectivity index (χ1) is 12.2. The number of hydrogen-bond acceptors (Lipinski definition) is 4. The van der Waals surface area contributed by atoms with Gasteiger partial charge < -0.3 is 10.4 Å². The van der Waals surface area contributed by atoms with E-state index in [2.05, 4.69) is 15.2 Å². The van der Waals surface area contributed by atoms with E-state index in [0.717, 1.165) is 49.3 Å². The molecule has 2 atom stereocenters. The highest BCUT2D eigenvalue weighted by Gasteiger charge is 2.48. The predicted octanol–water partition coefficient (Wildman–Crippen LogP) is 1.62. The van der Waals surface area contributed by atoms with Gasteiger partial charge in [0.1, 0.15) is 0 Å². The summed E-state index contributed by atoms with van der Waals surface area (Å²) in [4.78, 5) is 19.5. The molecule has 1 aromatic carbocycles. The molecule has 0 saturated carbocycles. The summed E-state index contributed by atoms with van der Waals surface area (Å²) in [6.45, 7) is 2.33. The Morgan fingerprint density at radius 3 is 2.88 bits per heavy atom. The zero-order valence-electron chi connectivity index (χ0n) is 14.2. The number of aliphatic hydroxyl groups excluding tert-OH is 1. The van der Waals surface area contributed by atoms with Crippen molar-refractivity contribution < 1.29 is 9.90 Å². The molecular weight excluding hydrogens is 314 g/mol. The molecule has 1 amide bonds. The molecule has 0 bridgehead atoms. The van der Waals surface area contributed by atoms with Gasteiger partial charge in [-0.3, -0.25) is 14.7 Å². The minimum absolute atomic E-state index is 0.0220. The van der Waals surface area contributed by atoms with Gasteiger partial charge in [-0.05, 0) is 36.6 Å². The van der Waals surface area contributed by atoms with Gasteiger partial charge in [-0.2, -0.15) is 0 Å². The van der Waals surface area contributed by atoms with E-state index in [1.165, 1.54) is 0 Å². The van der Waals surface area contributed by atoms with Crippen molar-refractivity contribution >= 4 is 5.91 Å². The number of benzene rings is 1. The van der Waals surface area contributed by atoms with Crippen molar-refractivity contribution in [3.8, 4) is 0 Å². The van der Waals surface area contributed by atoms with Crippen LogP contribution in [0.1, 0.15) is 28.0 Å².